The predicted octanol–water partition coefficient (Wildman–Crippen LogP) is 1.69. The fourth-order valence-corrected chi connectivity index (χ4v) is 1.89. The van der Waals surface area contributed by atoms with Crippen LogP contribution in [0.1, 0.15) is 0 Å². The summed E-state index contributed by atoms with van der Waals surface area (Å²) in [5.74, 6) is -0.0967. The Morgan fingerprint density at radius 1 is 1.17 bits per heavy atom. The van der Waals surface area contributed by atoms with Crippen LogP contribution in [0.15, 0.2) is 47.7 Å². The number of benzene rings is 1. The molecule has 0 aliphatic heterocycles. The second kappa shape index (κ2) is 3.96. The number of fused-ring (bicyclic) bond motifs is 1. The molecule has 0 saturated carbocycles. The van der Waals surface area contributed by atoms with Gasteiger partial charge < -0.3 is 10.1 Å². The number of hydrogen-bond donors (Lipinski definition) is 2. The summed E-state index contributed by atoms with van der Waals surface area (Å²) in [5.41, 5.74) is 0.844. The number of hydrogen-bond acceptors (Lipinski definition) is 4. The van der Waals surface area contributed by atoms with Crippen molar-refractivity contribution in [3.05, 3.63) is 53.2 Å². The summed E-state index contributed by atoms with van der Waals surface area (Å²) in [6.45, 7) is 0. The summed E-state index contributed by atoms with van der Waals surface area (Å²) in [5, 5.41) is 10.6. The fraction of sp³-hybridized carbons (Fsp3) is 0. The van der Waals surface area contributed by atoms with Crippen molar-refractivity contribution in [2.24, 2.45) is 0 Å². The molecule has 0 aliphatic rings. The number of nitrogens with zero attached hydrogens (tertiary/aromatic N) is 2. The lowest BCUT2D eigenvalue weighted by molar-refractivity contribution is 0.482. The third kappa shape index (κ3) is 1.53. The van der Waals surface area contributed by atoms with Crippen LogP contribution in [0.5, 0.6) is 5.75 Å². The molecule has 0 radical (unpaired) electrons. The Morgan fingerprint density at radius 2 is 1.94 bits per heavy atom. The quantitative estimate of drug-likeness (QED) is 0.677. The highest BCUT2D eigenvalue weighted by atomic mass is 16.3. The average Bonchev–Trinajstić information content (AvgIpc) is 2.40. The second-order valence-electron chi connectivity index (χ2n) is 3.83. The number of H-pyrrole nitrogens is 1. The Labute approximate surface area is 102 Å². The molecule has 88 valence electrons. The van der Waals surface area contributed by atoms with E-state index < -0.39 is 0 Å². The Bertz CT molecular complexity index is 766. The fourth-order valence-electron chi connectivity index (χ4n) is 1.89. The largest absolute Gasteiger partial charge is 0.506 e. The number of nitrogens with one attached hydrogen (secondary N) is 1. The molecule has 2 aromatic heterocycles. The third-order valence-electron chi connectivity index (χ3n) is 2.73. The number of aromatic nitrogens is 3. The van der Waals surface area contributed by atoms with Crippen LogP contribution in [0, 0.1) is 0 Å². The van der Waals surface area contributed by atoms with Crippen molar-refractivity contribution >= 4 is 11.0 Å². The van der Waals surface area contributed by atoms with Crippen molar-refractivity contribution in [2.75, 3.05) is 0 Å². The van der Waals surface area contributed by atoms with E-state index >= 15 is 0 Å². The van der Waals surface area contributed by atoms with E-state index in [-0.39, 0.29) is 16.9 Å². The molecule has 1 aromatic carbocycles. The first-order valence-electron chi connectivity index (χ1n) is 5.38. The summed E-state index contributed by atoms with van der Waals surface area (Å²) < 4.78 is 0. The van der Waals surface area contributed by atoms with E-state index in [0.29, 0.717) is 16.6 Å². The van der Waals surface area contributed by atoms with Gasteiger partial charge in [0.1, 0.15) is 17.7 Å². The monoisotopic (exact) mass is 239 g/mol. The number of aromatic amines is 1. The normalized spacial score (nSPS) is 10.7. The minimum atomic E-state index is -0.370. The van der Waals surface area contributed by atoms with Crippen molar-refractivity contribution in [1.82, 2.24) is 15.0 Å². The van der Waals surface area contributed by atoms with Crippen LogP contribution >= 0.6 is 0 Å². The van der Waals surface area contributed by atoms with E-state index in [0.717, 1.165) is 0 Å². The van der Waals surface area contributed by atoms with Crippen LogP contribution in [-0.2, 0) is 0 Å². The van der Waals surface area contributed by atoms with E-state index in [1.807, 2.05) is 6.07 Å². The first-order valence-corrected chi connectivity index (χ1v) is 5.38. The minimum Gasteiger partial charge on any atom is -0.506 e. The summed E-state index contributed by atoms with van der Waals surface area (Å²) >= 11 is 0. The summed E-state index contributed by atoms with van der Waals surface area (Å²) in [6, 6.07) is 8.98. The summed E-state index contributed by atoms with van der Waals surface area (Å²) in [6.07, 6.45) is 2.79. The Balaban J connectivity index is 2.41. The molecule has 0 fully saturated rings. The number of rotatable bonds is 1. The van der Waals surface area contributed by atoms with Crippen LogP contribution < -0.4 is 5.56 Å². The lowest BCUT2D eigenvalue weighted by Crippen LogP contribution is -2.10. The van der Waals surface area contributed by atoms with Gasteiger partial charge in [-0.2, -0.15) is 0 Å². The van der Waals surface area contributed by atoms with E-state index in [2.05, 4.69) is 15.0 Å². The van der Waals surface area contributed by atoms with Crippen LogP contribution in [0.2, 0.25) is 0 Å². The van der Waals surface area contributed by atoms with Gasteiger partial charge in [-0.25, -0.2) is 9.97 Å². The van der Waals surface area contributed by atoms with Gasteiger partial charge in [0, 0.05) is 6.20 Å². The zero-order valence-corrected chi connectivity index (χ0v) is 9.29. The van der Waals surface area contributed by atoms with Gasteiger partial charge in [-0.15, -0.1) is 0 Å². The first-order chi connectivity index (χ1) is 8.77. The molecule has 0 spiro atoms. The van der Waals surface area contributed by atoms with Gasteiger partial charge in [0.15, 0.2) is 0 Å². The molecule has 0 saturated heterocycles. The maximum Gasteiger partial charge on any atom is 0.261 e. The predicted molar refractivity (Wildman–Crippen MR) is 67.3 cm³/mol. The van der Waals surface area contributed by atoms with Crippen molar-refractivity contribution in [1.29, 1.82) is 0 Å². The second-order valence-corrected chi connectivity index (χ2v) is 3.83. The SMILES string of the molecule is O=c1[nH]c2ncncc2c(O)c1-c1ccccc1. The molecule has 2 N–H and O–H groups in total. The van der Waals surface area contributed by atoms with Gasteiger partial charge in [0.05, 0.1) is 10.9 Å². The summed E-state index contributed by atoms with van der Waals surface area (Å²) in [7, 11) is 0. The van der Waals surface area contributed by atoms with Gasteiger partial charge in [0.2, 0.25) is 0 Å². The Morgan fingerprint density at radius 3 is 2.72 bits per heavy atom. The van der Waals surface area contributed by atoms with Gasteiger partial charge in [-0.1, -0.05) is 30.3 Å². The van der Waals surface area contributed by atoms with Crippen LogP contribution in [0.3, 0.4) is 0 Å². The van der Waals surface area contributed by atoms with Crippen molar-refractivity contribution in [2.45, 2.75) is 0 Å². The van der Waals surface area contributed by atoms with Crippen LogP contribution in [0.4, 0.5) is 0 Å². The maximum absolute atomic E-state index is 12.0. The van der Waals surface area contributed by atoms with Gasteiger partial charge >= 0.3 is 0 Å². The third-order valence-corrected chi connectivity index (χ3v) is 2.73. The molecule has 2 heterocycles. The molecule has 0 bridgehead atoms. The zero-order chi connectivity index (χ0) is 12.5. The topological polar surface area (TPSA) is 78.9 Å². The first kappa shape index (κ1) is 10.5. The maximum atomic E-state index is 12.0. The zero-order valence-electron chi connectivity index (χ0n) is 9.29. The molecule has 5 heteroatoms. The summed E-state index contributed by atoms with van der Waals surface area (Å²) in [4.78, 5) is 22.4. The van der Waals surface area contributed by atoms with E-state index in [9.17, 15) is 9.90 Å². The van der Waals surface area contributed by atoms with Crippen molar-refractivity contribution in [3.8, 4) is 16.9 Å². The van der Waals surface area contributed by atoms with E-state index in [1.54, 1.807) is 24.3 Å². The standard InChI is InChI=1S/C13H9N3O2/c17-11-9-6-14-7-15-12(9)16-13(18)10(11)8-4-2-1-3-5-8/h1-7H,(H2,14,15,16,17,18). The molecule has 18 heavy (non-hydrogen) atoms. The molecule has 3 aromatic rings. The molecular formula is C13H9N3O2. The molecule has 5 nitrogen and oxygen atoms in total. The molecule has 3 rings (SSSR count). The average molecular weight is 239 g/mol. The highest BCUT2D eigenvalue weighted by molar-refractivity contribution is 5.88. The molecular weight excluding hydrogens is 230 g/mol. The molecule has 0 atom stereocenters. The molecule has 0 aliphatic carbocycles. The van der Waals surface area contributed by atoms with Gasteiger partial charge in [-0.3, -0.25) is 4.79 Å². The highest BCUT2D eigenvalue weighted by Gasteiger charge is 2.13. The smallest absolute Gasteiger partial charge is 0.261 e. The molecule has 0 unspecified atom stereocenters. The van der Waals surface area contributed by atoms with E-state index in [4.69, 9.17) is 0 Å². The lowest BCUT2D eigenvalue weighted by Gasteiger charge is -2.06. The highest BCUT2D eigenvalue weighted by Crippen LogP contribution is 2.30. The Hall–Kier alpha value is -2.69. The lowest BCUT2D eigenvalue weighted by atomic mass is 10.1. The van der Waals surface area contributed by atoms with Crippen LogP contribution in [-0.4, -0.2) is 20.1 Å². The van der Waals surface area contributed by atoms with Gasteiger partial charge in [0.25, 0.3) is 5.56 Å². The van der Waals surface area contributed by atoms with Crippen LogP contribution in [0.25, 0.3) is 22.2 Å². The minimum absolute atomic E-state index is 0.0967. The van der Waals surface area contributed by atoms with E-state index in [1.165, 1.54) is 12.5 Å². The number of pyridine rings is 1. The number of aromatic hydroxyl groups is 1. The van der Waals surface area contributed by atoms with Crippen molar-refractivity contribution < 1.29 is 5.11 Å². The van der Waals surface area contributed by atoms with Gasteiger partial charge in [-0.05, 0) is 5.56 Å². The Kier molecular flexibility index (Phi) is 2.30. The van der Waals surface area contributed by atoms with Crippen molar-refractivity contribution in [3.63, 3.8) is 0 Å². The molecule has 0 amide bonds.